The molecule has 2 aromatic rings. The van der Waals surface area contributed by atoms with Crippen LogP contribution in [0.5, 0.6) is 0 Å². The third-order valence-electron chi connectivity index (χ3n) is 7.86. The first kappa shape index (κ1) is 30.8. The lowest BCUT2D eigenvalue weighted by molar-refractivity contribution is -0.146. The molecule has 0 spiro atoms. The number of cyclic esters (lactones) is 1. The number of esters is 3. The number of rotatable bonds is 6. The van der Waals surface area contributed by atoms with Gasteiger partial charge in [0.25, 0.3) is 0 Å². The van der Waals surface area contributed by atoms with Crippen LogP contribution in [-0.2, 0) is 28.6 Å². The number of allylic oxidation sites excluding steroid dienone is 2. The molecule has 2 aliphatic rings. The standard InChI is InChI=1S/C36H40O6/c1-25-11-7-9-14-28(25)17-20-35(38)41-31-23-30-16-6-4-5-13-27(3)40-34(37)22-19-33(32(30)24-31)42-36(39)21-18-29-15-10-8-12-26(29)2/h6-12,14-22,27,30-33H,4-5,13,23-24H2,1-3H3/b16-6+,20-17+,21-18+,22-19?/t27-,30+,31-,32+,33+/m0/s1. The fourth-order valence-electron chi connectivity index (χ4n) is 5.52. The summed E-state index contributed by atoms with van der Waals surface area (Å²) in [5.41, 5.74) is 3.99. The molecule has 6 nitrogen and oxygen atoms in total. The molecule has 0 amide bonds. The Balaban J connectivity index is 1.52. The van der Waals surface area contributed by atoms with Gasteiger partial charge in [0.1, 0.15) is 12.2 Å². The van der Waals surface area contributed by atoms with E-state index in [2.05, 4.69) is 12.2 Å². The van der Waals surface area contributed by atoms with Crippen LogP contribution in [0.2, 0.25) is 0 Å². The highest BCUT2D eigenvalue weighted by Gasteiger charge is 2.40. The van der Waals surface area contributed by atoms with Crippen molar-refractivity contribution < 1.29 is 28.6 Å². The second-order valence-corrected chi connectivity index (χ2v) is 11.1. The zero-order valence-corrected chi connectivity index (χ0v) is 24.6. The maximum Gasteiger partial charge on any atom is 0.331 e. The van der Waals surface area contributed by atoms with Crippen LogP contribution in [0.4, 0.5) is 0 Å². The smallest absolute Gasteiger partial charge is 0.331 e. The normalized spacial score (nSPS) is 25.6. The van der Waals surface area contributed by atoms with Crippen molar-refractivity contribution in [3.05, 3.63) is 107 Å². The average molecular weight is 569 g/mol. The maximum atomic E-state index is 13.0. The van der Waals surface area contributed by atoms with Crippen LogP contribution in [0.25, 0.3) is 12.2 Å². The van der Waals surface area contributed by atoms with E-state index in [1.165, 1.54) is 18.2 Å². The molecule has 5 atom stereocenters. The van der Waals surface area contributed by atoms with Crippen molar-refractivity contribution in [3.8, 4) is 0 Å². The summed E-state index contributed by atoms with van der Waals surface area (Å²) in [5.74, 6) is -1.57. The van der Waals surface area contributed by atoms with Crippen molar-refractivity contribution in [3.63, 3.8) is 0 Å². The Morgan fingerprint density at radius 1 is 0.857 bits per heavy atom. The van der Waals surface area contributed by atoms with Crippen molar-refractivity contribution in [1.82, 2.24) is 0 Å². The Bertz CT molecular complexity index is 1370. The zero-order chi connectivity index (χ0) is 29.9. The Hall–Kier alpha value is -4.19. The number of aryl methyl sites for hydroxylation is 2. The topological polar surface area (TPSA) is 78.9 Å². The van der Waals surface area contributed by atoms with E-state index in [4.69, 9.17) is 14.2 Å². The second-order valence-electron chi connectivity index (χ2n) is 11.1. The summed E-state index contributed by atoms with van der Waals surface area (Å²) in [6, 6.07) is 15.6. The molecule has 0 N–H and O–H groups in total. The van der Waals surface area contributed by atoms with Crippen LogP contribution >= 0.6 is 0 Å². The van der Waals surface area contributed by atoms with Gasteiger partial charge in [-0.2, -0.15) is 0 Å². The minimum absolute atomic E-state index is 0.000131. The van der Waals surface area contributed by atoms with E-state index in [9.17, 15) is 14.4 Å². The van der Waals surface area contributed by atoms with Gasteiger partial charge in [-0.1, -0.05) is 60.7 Å². The largest absolute Gasteiger partial charge is 0.460 e. The first-order valence-electron chi connectivity index (χ1n) is 14.7. The van der Waals surface area contributed by atoms with Crippen LogP contribution in [0.3, 0.4) is 0 Å². The first-order valence-corrected chi connectivity index (χ1v) is 14.7. The maximum absolute atomic E-state index is 13.0. The number of carbonyl (C=O) groups excluding carboxylic acids is 3. The molecule has 220 valence electrons. The number of ether oxygens (including phenoxy) is 3. The summed E-state index contributed by atoms with van der Waals surface area (Å²) in [5, 5.41) is 0. The van der Waals surface area contributed by atoms with E-state index in [-0.39, 0.29) is 24.0 Å². The van der Waals surface area contributed by atoms with Gasteiger partial charge in [-0.3, -0.25) is 0 Å². The Labute approximate surface area is 248 Å². The fraction of sp³-hybridized carbons (Fsp3) is 0.361. The van der Waals surface area contributed by atoms with Crippen LogP contribution in [0.15, 0.2) is 85.0 Å². The van der Waals surface area contributed by atoms with Crippen molar-refractivity contribution in [2.75, 3.05) is 0 Å². The predicted molar refractivity (Wildman–Crippen MR) is 164 cm³/mol. The van der Waals surface area contributed by atoms with Gasteiger partial charge in [0.05, 0.1) is 6.10 Å². The highest BCUT2D eigenvalue weighted by atomic mass is 16.6. The second kappa shape index (κ2) is 15.2. The summed E-state index contributed by atoms with van der Waals surface area (Å²) in [4.78, 5) is 38.3. The lowest BCUT2D eigenvalue weighted by Crippen LogP contribution is -2.27. The van der Waals surface area contributed by atoms with E-state index in [0.29, 0.717) is 12.8 Å². The van der Waals surface area contributed by atoms with Gasteiger partial charge < -0.3 is 14.2 Å². The molecule has 2 aromatic carbocycles. The van der Waals surface area contributed by atoms with Crippen molar-refractivity contribution >= 4 is 30.1 Å². The van der Waals surface area contributed by atoms with Gasteiger partial charge in [0.15, 0.2) is 0 Å². The first-order chi connectivity index (χ1) is 20.3. The number of benzene rings is 2. The van der Waals surface area contributed by atoms with Gasteiger partial charge in [-0.05, 0) is 99.3 Å². The number of carbonyl (C=O) groups is 3. The summed E-state index contributed by atoms with van der Waals surface area (Å²) in [6.07, 6.45) is 15.9. The van der Waals surface area contributed by atoms with Crippen molar-refractivity contribution in [2.24, 2.45) is 11.8 Å². The minimum Gasteiger partial charge on any atom is -0.460 e. The third kappa shape index (κ3) is 9.16. The van der Waals surface area contributed by atoms with Crippen molar-refractivity contribution in [2.45, 2.75) is 71.2 Å². The van der Waals surface area contributed by atoms with Gasteiger partial charge in [-0.25, -0.2) is 14.4 Å². The molecule has 1 saturated carbocycles. The summed E-state index contributed by atoms with van der Waals surface area (Å²) < 4.78 is 17.3. The van der Waals surface area contributed by atoms with Gasteiger partial charge in [-0.15, -0.1) is 0 Å². The minimum atomic E-state index is -0.705. The Morgan fingerprint density at radius 2 is 1.48 bits per heavy atom. The molecule has 0 aromatic heterocycles. The van der Waals surface area contributed by atoms with E-state index in [1.807, 2.05) is 69.3 Å². The lowest BCUT2D eigenvalue weighted by Gasteiger charge is -2.24. The molecule has 1 fully saturated rings. The van der Waals surface area contributed by atoms with Crippen LogP contribution in [0, 0.1) is 25.7 Å². The highest BCUT2D eigenvalue weighted by molar-refractivity contribution is 5.88. The Kier molecular flexibility index (Phi) is 11.1. The highest BCUT2D eigenvalue weighted by Crippen LogP contribution is 2.39. The molecule has 0 radical (unpaired) electrons. The van der Waals surface area contributed by atoms with E-state index >= 15 is 0 Å². The van der Waals surface area contributed by atoms with E-state index in [0.717, 1.165) is 41.5 Å². The monoisotopic (exact) mass is 568 g/mol. The van der Waals surface area contributed by atoms with Crippen LogP contribution < -0.4 is 0 Å². The molecule has 4 rings (SSSR count). The summed E-state index contributed by atoms with van der Waals surface area (Å²) in [6.45, 7) is 5.84. The van der Waals surface area contributed by atoms with E-state index in [1.54, 1.807) is 18.2 Å². The molecule has 0 saturated heterocycles. The zero-order valence-electron chi connectivity index (χ0n) is 24.6. The average Bonchev–Trinajstić information content (AvgIpc) is 3.35. The number of fused-ring (bicyclic) bond motifs is 1. The molecule has 1 aliphatic heterocycles. The third-order valence-corrected chi connectivity index (χ3v) is 7.86. The van der Waals surface area contributed by atoms with Crippen LogP contribution in [0.1, 0.15) is 61.3 Å². The molecule has 1 aliphatic carbocycles. The fourth-order valence-corrected chi connectivity index (χ4v) is 5.52. The SMILES string of the molecule is Cc1ccccc1/C=C/C(=O)O[C@@H]1C[C@@H]2[C@H](/C=C/CCC[C@H](C)OC(=O)C=C[C@H]2OC(=O)/C=C/c2ccccc2C)C1. The molecule has 0 bridgehead atoms. The number of hydrogen-bond donors (Lipinski definition) is 0. The van der Waals surface area contributed by atoms with Crippen LogP contribution in [-0.4, -0.2) is 36.2 Å². The summed E-state index contributed by atoms with van der Waals surface area (Å²) in [7, 11) is 0. The summed E-state index contributed by atoms with van der Waals surface area (Å²) >= 11 is 0. The molecular weight excluding hydrogens is 528 g/mol. The number of hydrogen-bond acceptors (Lipinski definition) is 6. The van der Waals surface area contributed by atoms with E-state index < -0.39 is 24.0 Å². The van der Waals surface area contributed by atoms with Gasteiger partial charge in [0, 0.05) is 24.1 Å². The quantitative estimate of drug-likeness (QED) is 0.160. The lowest BCUT2D eigenvalue weighted by atomic mass is 9.89. The molecule has 42 heavy (non-hydrogen) atoms. The van der Waals surface area contributed by atoms with Gasteiger partial charge in [0.2, 0.25) is 0 Å². The molecule has 0 unspecified atom stereocenters. The molecule has 6 heteroatoms. The van der Waals surface area contributed by atoms with Gasteiger partial charge >= 0.3 is 17.9 Å². The molecule has 1 heterocycles. The Morgan fingerprint density at radius 3 is 2.12 bits per heavy atom. The molecular formula is C36H40O6. The van der Waals surface area contributed by atoms with Crippen molar-refractivity contribution in [1.29, 1.82) is 0 Å². The predicted octanol–water partition coefficient (Wildman–Crippen LogP) is 7.11.